The maximum atomic E-state index is 11.5. The van der Waals surface area contributed by atoms with Crippen LogP contribution in [-0.2, 0) is 25.6 Å². The molecule has 0 fully saturated rings. The smallest absolute Gasteiger partial charge is 0.423 e. The van der Waals surface area contributed by atoms with E-state index in [1.807, 2.05) is 30.3 Å². The Morgan fingerprint density at radius 3 is 2.35 bits per heavy atom. The molecule has 6 nitrogen and oxygen atoms in total. The highest BCUT2D eigenvalue weighted by molar-refractivity contribution is 7.85. The Hall–Kier alpha value is -1.60. The lowest BCUT2D eigenvalue weighted by Gasteiger charge is -2.19. The van der Waals surface area contributed by atoms with Gasteiger partial charge in [0.05, 0.1) is 6.61 Å². The minimum absolute atomic E-state index is 0.0534. The maximum Gasteiger partial charge on any atom is 0.423 e. The third-order valence-electron chi connectivity index (χ3n) is 2.08. The largest absolute Gasteiger partial charge is 0.443 e. The average Bonchev–Trinajstić information content (AvgIpc) is 2.26. The van der Waals surface area contributed by atoms with E-state index < -0.39 is 22.0 Å². The van der Waals surface area contributed by atoms with Crippen LogP contribution in [-0.4, -0.2) is 26.7 Å². The zero-order valence-corrected chi connectivity index (χ0v) is 12.6. The molecular weight excluding hydrogens is 282 g/mol. The number of carbonyl (C=O) groups excluding carboxylic acids is 1. The topological polar surface area (TPSA) is 81.7 Å². The second-order valence-electron chi connectivity index (χ2n) is 5.12. The van der Waals surface area contributed by atoms with Crippen LogP contribution >= 0.6 is 0 Å². The summed E-state index contributed by atoms with van der Waals surface area (Å²) >= 11 is 0. The summed E-state index contributed by atoms with van der Waals surface area (Å²) in [6, 6.07) is 9.28. The fourth-order valence-corrected chi connectivity index (χ4v) is 1.95. The molecule has 112 valence electrons. The Labute approximate surface area is 119 Å². The molecule has 0 spiro atoms. The predicted molar refractivity (Wildman–Crippen MR) is 74.4 cm³/mol. The number of hydrogen-bond acceptors (Lipinski definition) is 5. The van der Waals surface area contributed by atoms with Crippen LogP contribution in [0.2, 0.25) is 0 Å². The van der Waals surface area contributed by atoms with Crippen molar-refractivity contribution in [2.75, 3.05) is 6.61 Å². The third kappa shape index (κ3) is 7.10. The van der Waals surface area contributed by atoms with E-state index in [2.05, 4.69) is 4.18 Å². The van der Waals surface area contributed by atoms with Crippen LogP contribution in [0.25, 0.3) is 0 Å². The predicted octanol–water partition coefficient (Wildman–Crippen LogP) is 2.02. The van der Waals surface area contributed by atoms with Gasteiger partial charge in [-0.25, -0.2) is 4.79 Å². The van der Waals surface area contributed by atoms with Crippen LogP contribution in [0.4, 0.5) is 4.79 Å². The number of amides is 1. The summed E-state index contributed by atoms with van der Waals surface area (Å²) in [5.74, 6) is 0. The van der Waals surface area contributed by atoms with Crippen LogP contribution < -0.4 is 4.72 Å². The number of rotatable bonds is 5. The van der Waals surface area contributed by atoms with Crippen LogP contribution in [0.15, 0.2) is 30.3 Å². The molecular formula is C13H19NO5S. The summed E-state index contributed by atoms with van der Waals surface area (Å²) in [5, 5.41) is 0. The molecule has 0 heterocycles. The standard InChI is InChI=1S/C13H19NO5S/c1-13(2,3)19-12(15)14-20(16,17)18-10-9-11-7-5-4-6-8-11/h4-8H,9-10H2,1-3H3,(H,14,15). The van der Waals surface area contributed by atoms with Crippen molar-refractivity contribution in [1.82, 2.24) is 4.72 Å². The number of ether oxygens (including phenoxy) is 1. The fourth-order valence-electron chi connectivity index (χ4n) is 1.34. The van der Waals surface area contributed by atoms with E-state index in [4.69, 9.17) is 4.74 Å². The summed E-state index contributed by atoms with van der Waals surface area (Å²) in [7, 11) is -4.15. The van der Waals surface area contributed by atoms with Gasteiger partial charge in [-0.2, -0.15) is 13.1 Å². The summed E-state index contributed by atoms with van der Waals surface area (Å²) in [4.78, 5) is 11.3. The summed E-state index contributed by atoms with van der Waals surface area (Å²) in [5.41, 5.74) is 0.170. The molecule has 0 aliphatic heterocycles. The van der Waals surface area contributed by atoms with Gasteiger partial charge < -0.3 is 4.74 Å². The van der Waals surface area contributed by atoms with Gasteiger partial charge in [-0.1, -0.05) is 30.3 Å². The lowest BCUT2D eigenvalue weighted by molar-refractivity contribution is 0.0563. The van der Waals surface area contributed by atoms with Gasteiger partial charge >= 0.3 is 16.4 Å². The van der Waals surface area contributed by atoms with E-state index in [1.165, 1.54) is 0 Å². The van der Waals surface area contributed by atoms with E-state index in [1.54, 1.807) is 25.5 Å². The molecule has 1 amide bonds. The normalized spacial score (nSPS) is 11.9. The second-order valence-corrected chi connectivity index (χ2v) is 6.46. The minimum Gasteiger partial charge on any atom is -0.443 e. The van der Waals surface area contributed by atoms with Crippen molar-refractivity contribution in [2.45, 2.75) is 32.8 Å². The van der Waals surface area contributed by atoms with Crippen molar-refractivity contribution in [3.63, 3.8) is 0 Å². The first-order valence-corrected chi connectivity index (χ1v) is 7.53. The average molecular weight is 301 g/mol. The number of benzene rings is 1. The Bertz CT molecular complexity index is 534. The second kappa shape index (κ2) is 6.71. The van der Waals surface area contributed by atoms with Gasteiger partial charge in [-0.3, -0.25) is 4.18 Å². The van der Waals surface area contributed by atoms with Crippen molar-refractivity contribution in [2.24, 2.45) is 0 Å². The van der Waals surface area contributed by atoms with Crippen LogP contribution in [0.5, 0.6) is 0 Å². The van der Waals surface area contributed by atoms with Gasteiger partial charge in [-0.15, -0.1) is 0 Å². The molecule has 0 radical (unpaired) electrons. The lowest BCUT2D eigenvalue weighted by Crippen LogP contribution is -2.37. The highest BCUT2D eigenvalue weighted by atomic mass is 32.2. The van der Waals surface area contributed by atoms with Crippen LogP contribution in [0.3, 0.4) is 0 Å². The monoisotopic (exact) mass is 301 g/mol. The lowest BCUT2D eigenvalue weighted by atomic mass is 10.2. The minimum atomic E-state index is -4.15. The van der Waals surface area contributed by atoms with Gasteiger partial charge in [0, 0.05) is 0 Å². The zero-order chi connectivity index (χ0) is 15.2. The Kier molecular flexibility index (Phi) is 5.52. The van der Waals surface area contributed by atoms with E-state index >= 15 is 0 Å². The SMILES string of the molecule is CC(C)(C)OC(=O)NS(=O)(=O)OCCc1ccccc1. The molecule has 0 bridgehead atoms. The van der Waals surface area contributed by atoms with Crippen LogP contribution in [0, 0.1) is 0 Å². The molecule has 1 aromatic rings. The quantitative estimate of drug-likeness (QED) is 0.899. The van der Waals surface area contributed by atoms with E-state index in [0.29, 0.717) is 6.42 Å². The molecule has 20 heavy (non-hydrogen) atoms. The van der Waals surface area contributed by atoms with Gasteiger partial charge in [0.1, 0.15) is 5.60 Å². The Morgan fingerprint density at radius 1 is 1.20 bits per heavy atom. The van der Waals surface area contributed by atoms with Gasteiger partial charge in [0.15, 0.2) is 0 Å². The molecule has 0 aromatic heterocycles. The zero-order valence-electron chi connectivity index (χ0n) is 11.8. The maximum absolute atomic E-state index is 11.5. The number of carbonyl (C=O) groups is 1. The van der Waals surface area contributed by atoms with Crippen molar-refractivity contribution in [3.8, 4) is 0 Å². The molecule has 0 saturated heterocycles. The van der Waals surface area contributed by atoms with Gasteiger partial charge in [-0.05, 0) is 32.8 Å². The molecule has 1 aromatic carbocycles. The van der Waals surface area contributed by atoms with E-state index in [0.717, 1.165) is 5.56 Å². The molecule has 0 aliphatic carbocycles. The molecule has 0 aliphatic rings. The van der Waals surface area contributed by atoms with Crippen molar-refractivity contribution in [3.05, 3.63) is 35.9 Å². The van der Waals surface area contributed by atoms with Gasteiger partial charge in [0.2, 0.25) is 0 Å². The molecule has 0 unspecified atom stereocenters. The summed E-state index contributed by atoms with van der Waals surface area (Å²) in [6.07, 6.45) is -0.631. The highest BCUT2D eigenvalue weighted by Crippen LogP contribution is 2.07. The molecule has 1 rings (SSSR count). The van der Waals surface area contributed by atoms with Crippen LogP contribution in [0.1, 0.15) is 26.3 Å². The molecule has 1 N–H and O–H groups in total. The van der Waals surface area contributed by atoms with E-state index in [-0.39, 0.29) is 6.61 Å². The molecule has 7 heteroatoms. The Balaban J connectivity index is 2.40. The number of nitrogens with one attached hydrogen (secondary N) is 1. The first-order chi connectivity index (χ1) is 9.18. The van der Waals surface area contributed by atoms with Crippen molar-refractivity contribution in [1.29, 1.82) is 0 Å². The summed E-state index contributed by atoms with van der Waals surface area (Å²) in [6.45, 7) is 4.85. The number of hydrogen-bond donors (Lipinski definition) is 1. The third-order valence-corrected chi connectivity index (χ3v) is 2.97. The van der Waals surface area contributed by atoms with Crippen molar-refractivity contribution < 1.29 is 22.1 Å². The Morgan fingerprint density at radius 2 is 1.80 bits per heavy atom. The first-order valence-electron chi connectivity index (χ1n) is 6.12. The summed E-state index contributed by atoms with van der Waals surface area (Å²) < 4.78 is 34.2. The van der Waals surface area contributed by atoms with Crippen molar-refractivity contribution >= 4 is 16.4 Å². The molecule has 0 saturated carbocycles. The van der Waals surface area contributed by atoms with E-state index in [9.17, 15) is 13.2 Å². The fraction of sp³-hybridized carbons (Fsp3) is 0.462. The first kappa shape index (κ1) is 16.5. The van der Waals surface area contributed by atoms with Gasteiger partial charge in [0.25, 0.3) is 0 Å². The highest BCUT2D eigenvalue weighted by Gasteiger charge is 2.21. The molecule has 0 atom stereocenters.